The molecule has 0 radical (unpaired) electrons. The predicted molar refractivity (Wildman–Crippen MR) is 95.2 cm³/mol. The first-order valence-electron chi connectivity index (χ1n) is 7.90. The first kappa shape index (κ1) is 17.4. The van der Waals surface area contributed by atoms with E-state index < -0.39 is 0 Å². The molecular formula is C18H18N4O4. The van der Waals surface area contributed by atoms with Gasteiger partial charge in [-0.05, 0) is 29.8 Å². The first-order valence-corrected chi connectivity index (χ1v) is 7.90. The summed E-state index contributed by atoms with van der Waals surface area (Å²) in [5.74, 6) is 0.901. The number of pyridine rings is 1. The number of aromatic nitrogens is 3. The number of carbonyl (C=O) groups excluding carboxylic acids is 1. The number of fused-ring (bicyclic) bond motifs is 1. The lowest BCUT2D eigenvalue weighted by atomic mass is 10.2. The number of amides is 1. The van der Waals surface area contributed by atoms with E-state index >= 15 is 0 Å². The van der Waals surface area contributed by atoms with Crippen LogP contribution in [0.1, 0.15) is 5.56 Å². The molecule has 1 amide bonds. The fourth-order valence-electron chi connectivity index (χ4n) is 2.51. The molecular weight excluding hydrogens is 336 g/mol. The van der Waals surface area contributed by atoms with Gasteiger partial charge in [-0.25, -0.2) is 9.97 Å². The van der Waals surface area contributed by atoms with Crippen molar-refractivity contribution in [3.8, 4) is 11.5 Å². The quantitative estimate of drug-likeness (QED) is 0.713. The van der Waals surface area contributed by atoms with Gasteiger partial charge in [0.1, 0.15) is 12.9 Å². The molecule has 0 bridgehead atoms. The highest BCUT2D eigenvalue weighted by molar-refractivity contribution is 5.77. The number of hydrogen-bond acceptors (Lipinski definition) is 6. The minimum absolute atomic E-state index is 0.121. The Kier molecular flexibility index (Phi) is 5.12. The fraction of sp³-hybridized carbons (Fsp3) is 0.222. The third-order valence-electron chi connectivity index (χ3n) is 3.85. The number of ether oxygens (including phenoxy) is 2. The van der Waals surface area contributed by atoms with Gasteiger partial charge in [-0.15, -0.1) is 0 Å². The van der Waals surface area contributed by atoms with Gasteiger partial charge in [0, 0.05) is 12.7 Å². The van der Waals surface area contributed by atoms with Crippen molar-refractivity contribution in [3.63, 3.8) is 0 Å². The van der Waals surface area contributed by atoms with Crippen molar-refractivity contribution in [2.45, 2.75) is 13.1 Å². The molecule has 8 heteroatoms. The number of nitrogens with one attached hydrogen (secondary N) is 1. The summed E-state index contributed by atoms with van der Waals surface area (Å²) >= 11 is 0. The Morgan fingerprint density at radius 2 is 1.96 bits per heavy atom. The van der Waals surface area contributed by atoms with Crippen LogP contribution >= 0.6 is 0 Å². The molecule has 0 atom stereocenters. The van der Waals surface area contributed by atoms with Crippen LogP contribution < -0.4 is 20.3 Å². The average Bonchev–Trinajstić information content (AvgIpc) is 2.68. The van der Waals surface area contributed by atoms with Gasteiger partial charge >= 0.3 is 0 Å². The lowest BCUT2D eigenvalue weighted by Gasteiger charge is -2.11. The van der Waals surface area contributed by atoms with Crippen molar-refractivity contribution >= 4 is 16.9 Å². The SMILES string of the molecule is COc1ccc(CNC(=O)Cn2cnc3ncccc3c2=O)cc1OC. The number of methoxy groups -OCH3 is 2. The van der Waals surface area contributed by atoms with Crippen LogP contribution in [0.5, 0.6) is 11.5 Å². The molecule has 1 aromatic carbocycles. The number of nitrogens with zero attached hydrogens (tertiary/aromatic N) is 3. The molecule has 2 aromatic heterocycles. The molecule has 0 saturated heterocycles. The molecule has 0 spiro atoms. The van der Waals surface area contributed by atoms with Gasteiger partial charge in [-0.1, -0.05) is 6.07 Å². The van der Waals surface area contributed by atoms with Gasteiger partial charge < -0.3 is 14.8 Å². The summed E-state index contributed by atoms with van der Waals surface area (Å²) in [5.41, 5.74) is 0.910. The Morgan fingerprint density at radius 1 is 1.15 bits per heavy atom. The van der Waals surface area contributed by atoms with E-state index in [0.29, 0.717) is 29.1 Å². The number of carbonyl (C=O) groups is 1. The van der Waals surface area contributed by atoms with E-state index in [1.54, 1.807) is 44.7 Å². The first-order chi connectivity index (χ1) is 12.6. The van der Waals surface area contributed by atoms with Crippen LogP contribution in [0.25, 0.3) is 11.0 Å². The van der Waals surface area contributed by atoms with E-state index in [9.17, 15) is 9.59 Å². The van der Waals surface area contributed by atoms with Gasteiger partial charge in [0.25, 0.3) is 5.56 Å². The zero-order valence-corrected chi connectivity index (χ0v) is 14.4. The van der Waals surface area contributed by atoms with Crippen molar-refractivity contribution in [1.29, 1.82) is 0 Å². The summed E-state index contributed by atoms with van der Waals surface area (Å²) in [7, 11) is 3.11. The summed E-state index contributed by atoms with van der Waals surface area (Å²) in [4.78, 5) is 32.7. The molecule has 0 aliphatic heterocycles. The lowest BCUT2D eigenvalue weighted by molar-refractivity contribution is -0.121. The standard InChI is InChI=1S/C18H18N4O4/c1-25-14-6-5-12(8-15(14)26-2)9-20-16(23)10-22-11-21-17-13(18(22)24)4-3-7-19-17/h3-8,11H,9-10H2,1-2H3,(H,20,23). The average molecular weight is 354 g/mol. The molecule has 0 unspecified atom stereocenters. The minimum Gasteiger partial charge on any atom is -0.493 e. The molecule has 0 aliphatic rings. The van der Waals surface area contributed by atoms with Crippen LogP contribution in [0.2, 0.25) is 0 Å². The second kappa shape index (κ2) is 7.64. The second-order valence-electron chi connectivity index (χ2n) is 5.52. The summed E-state index contributed by atoms with van der Waals surface area (Å²) in [6, 6.07) is 8.68. The molecule has 8 nitrogen and oxygen atoms in total. The molecule has 26 heavy (non-hydrogen) atoms. The molecule has 0 fully saturated rings. The van der Waals surface area contributed by atoms with Gasteiger partial charge in [0.2, 0.25) is 5.91 Å². The smallest absolute Gasteiger partial charge is 0.263 e. The third-order valence-corrected chi connectivity index (χ3v) is 3.85. The highest BCUT2D eigenvalue weighted by Gasteiger charge is 2.09. The van der Waals surface area contributed by atoms with E-state index in [1.807, 2.05) is 6.07 Å². The lowest BCUT2D eigenvalue weighted by Crippen LogP contribution is -2.32. The van der Waals surface area contributed by atoms with E-state index in [4.69, 9.17) is 9.47 Å². The molecule has 0 aliphatic carbocycles. The van der Waals surface area contributed by atoms with Crippen LogP contribution in [-0.4, -0.2) is 34.7 Å². The molecule has 0 saturated carbocycles. The van der Waals surface area contributed by atoms with Crippen LogP contribution in [0.4, 0.5) is 0 Å². The topological polar surface area (TPSA) is 95.3 Å². The maximum atomic E-state index is 12.4. The van der Waals surface area contributed by atoms with Gasteiger partial charge in [-0.3, -0.25) is 14.2 Å². The third kappa shape index (κ3) is 3.64. The number of rotatable bonds is 6. The highest BCUT2D eigenvalue weighted by atomic mass is 16.5. The fourth-order valence-corrected chi connectivity index (χ4v) is 2.51. The monoisotopic (exact) mass is 354 g/mol. The van der Waals surface area contributed by atoms with Crippen molar-refractivity contribution in [3.05, 3.63) is 58.8 Å². The summed E-state index contributed by atoms with van der Waals surface area (Å²) in [6.45, 7) is 0.181. The molecule has 3 rings (SSSR count). The second-order valence-corrected chi connectivity index (χ2v) is 5.52. The van der Waals surface area contributed by atoms with Gasteiger partial charge in [0.15, 0.2) is 17.1 Å². The van der Waals surface area contributed by atoms with Crippen LogP contribution in [0.3, 0.4) is 0 Å². The van der Waals surface area contributed by atoms with E-state index in [1.165, 1.54) is 10.9 Å². The Balaban J connectivity index is 1.68. The van der Waals surface area contributed by atoms with Crippen molar-refractivity contribution in [2.24, 2.45) is 0 Å². The van der Waals surface area contributed by atoms with Crippen molar-refractivity contribution in [2.75, 3.05) is 14.2 Å². The zero-order valence-electron chi connectivity index (χ0n) is 14.4. The summed E-state index contributed by atoms with van der Waals surface area (Å²) in [6.07, 6.45) is 2.89. The van der Waals surface area contributed by atoms with Crippen molar-refractivity contribution < 1.29 is 14.3 Å². The molecule has 2 heterocycles. The Morgan fingerprint density at radius 3 is 2.73 bits per heavy atom. The van der Waals surface area contributed by atoms with E-state index in [0.717, 1.165) is 5.56 Å². The maximum Gasteiger partial charge on any atom is 0.263 e. The maximum absolute atomic E-state index is 12.4. The largest absolute Gasteiger partial charge is 0.493 e. The minimum atomic E-state index is -0.302. The Labute approximate surface area is 149 Å². The molecule has 3 aromatic rings. The summed E-state index contributed by atoms with van der Waals surface area (Å²) in [5, 5.41) is 3.15. The number of benzene rings is 1. The summed E-state index contributed by atoms with van der Waals surface area (Å²) < 4.78 is 11.7. The predicted octanol–water partition coefficient (Wildman–Crippen LogP) is 1.13. The normalized spacial score (nSPS) is 10.5. The molecule has 1 N–H and O–H groups in total. The van der Waals surface area contributed by atoms with Crippen LogP contribution in [0.15, 0.2) is 47.7 Å². The Bertz CT molecular complexity index is 1000. The van der Waals surface area contributed by atoms with Gasteiger partial charge in [-0.2, -0.15) is 0 Å². The van der Waals surface area contributed by atoms with Gasteiger partial charge in [0.05, 0.1) is 19.6 Å². The van der Waals surface area contributed by atoms with Crippen LogP contribution in [-0.2, 0) is 17.9 Å². The van der Waals surface area contributed by atoms with E-state index in [-0.39, 0.29) is 18.0 Å². The molecule has 134 valence electrons. The highest BCUT2D eigenvalue weighted by Crippen LogP contribution is 2.27. The van der Waals surface area contributed by atoms with Crippen molar-refractivity contribution in [1.82, 2.24) is 19.9 Å². The zero-order chi connectivity index (χ0) is 18.5. The Hall–Kier alpha value is -3.42. The van der Waals surface area contributed by atoms with E-state index in [2.05, 4.69) is 15.3 Å². The van der Waals surface area contributed by atoms with Crippen LogP contribution in [0, 0.1) is 0 Å². The number of hydrogen-bond donors (Lipinski definition) is 1.